The van der Waals surface area contributed by atoms with Crippen molar-refractivity contribution in [3.8, 4) is 0 Å². The molecule has 2 aliphatic rings. The lowest BCUT2D eigenvalue weighted by Crippen LogP contribution is -2.48. The van der Waals surface area contributed by atoms with Crippen molar-refractivity contribution in [1.29, 1.82) is 0 Å². The first-order chi connectivity index (χ1) is 12.5. The molecule has 0 aliphatic heterocycles. The average molecular weight is 391 g/mol. The van der Waals surface area contributed by atoms with Gasteiger partial charge in [-0.05, 0) is 56.4 Å². The molecular formula is C21H27ClN2O3. The number of amides is 1. The molecule has 5 nitrogen and oxygen atoms in total. The quantitative estimate of drug-likeness (QED) is 0.603. The van der Waals surface area contributed by atoms with Gasteiger partial charge in [0.1, 0.15) is 0 Å². The van der Waals surface area contributed by atoms with Crippen molar-refractivity contribution in [1.82, 2.24) is 5.32 Å². The minimum absolute atomic E-state index is 0.0699. The number of oxime groups is 1. The summed E-state index contributed by atoms with van der Waals surface area (Å²) in [5.74, 6) is -0.454. The summed E-state index contributed by atoms with van der Waals surface area (Å²) >= 11 is 5.85. The van der Waals surface area contributed by atoms with Crippen LogP contribution in [0, 0.1) is 16.2 Å². The molecule has 0 saturated heterocycles. The Kier molecular flexibility index (Phi) is 4.87. The van der Waals surface area contributed by atoms with Crippen molar-refractivity contribution in [3.63, 3.8) is 0 Å². The van der Waals surface area contributed by atoms with E-state index in [2.05, 4.69) is 31.2 Å². The van der Waals surface area contributed by atoms with Gasteiger partial charge in [0.15, 0.2) is 0 Å². The summed E-state index contributed by atoms with van der Waals surface area (Å²) in [6, 6.07) is 6.57. The number of hydrogen-bond donors (Lipinski definition) is 1. The lowest BCUT2D eigenvalue weighted by atomic mass is 9.64. The second-order valence-electron chi connectivity index (χ2n) is 8.77. The number of fused-ring (bicyclic) bond motifs is 2. The lowest BCUT2D eigenvalue weighted by Gasteiger charge is -2.39. The highest BCUT2D eigenvalue weighted by atomic mass is 35.5. The van der Waals surface area contributed by atoms with Gasteiger partial charge < -0.3 is 10.2 Å². The average Bonchev–Trinajstić information content (AvgIpc) is 2.90. The smallest absolute Gasteiger partial charge is 0.353 e. The first kappa shape index (κ1) is 19.9. The largest absolute Gasteiger partial charge is 0.365 e. The van der Waals surface area contributed by atoms with Crippen LogP contribution >= 0.6 is 11.6 Å². The number of carbonyl (C=O) groups excluding carboxylic acids is 2. The van der Waals surface area contributed by atoms with Gasteiger partial charge >= 0.3 is 5.97 Å². The van der Waals surface area contributed by atoms with Crippen LogP contribution in [0.25, 0.3) is 0 Å². The van der Waals surface area contributed by atoms with Gasteiger partial charge in [0.05, 0.1) is 16.7 Å². The fourth-order valence-corrected chi connectivity index (χ4v) is 4.78. The zero-order valence-corrected chi connectivity index (χ0v) is 17.3. The third kappa shape index (κ3) is 2.96. The van der Waals surface area contributed by atoms with E-state index in [4.69, 9.17) is 16.4 Å². The van der Waals surface area contributed by atoms with Crippen molar-refractivity contribution in [3.05, 3.63) is 34.9 Å². The summed E-state index contributed by atoms with van der Waals surface area (Å²) in [6.45, 7) is 10.3. The molecule has 2 aliphatic carbocycles. The Hall–Kier alpha value is -1.88. The van der Waals surface area contributed by atoms with Crippen LogP contribution in [0.4, 0.5) is 0 Å². The Bertz CT molecular complexity index is 800. The van der Waals surface area contributed by atoms with E-state index < -0.39 is 11.4 Å². The van der Waals surface area contributed by atoms with Crippen LogP contribution in [0.5, 0.6) is 0 Å². The molecule has 1 aromatic rings. The predicted molar refractivity (Wildman–Crippen MR) is 106 cm³/mol. The number of carbonyl (C=O) groups is 2. The third-order valence-electron chi connectivity index (χ3n) is 6.91. The molecule has 0 aromatic heterocycles. The van der Waals surface area contributed by atoms with Gasteiger partial charge in [0, 0.05) is 22.9 Å². The number of halogens is 1. The maximum Gasteiger partial charge on any atom is 0.365 e. The molecule has 2 bridgehead atoms. The predicted octanol–water partition coefficient (Wildman–Crippen LogP) is 4.59. The highest BCUT2D eigenvalue weighted by molar-refractivity contribution is 6.30. The van der Waals surface area contributed by atoms with E-state index in [1.165, 1.54) is 0 Å². The molecule has 0 spiro atoms. The third-order valence-corrected chi connectivity index (χ3v) is 7.16. The number of hydrogen-bond acceptors (Lipinski definition) is 4. The molecule has 1 N–H and O–H groups in total. The van der Waals surface area contributed by atoms with E-state index in [-0.39, 0.29) is 22.8 Å². The van der Waals surface area contributed by atoms with E-state index >= 15 is 0 Å². The molecule has 27 heavy (non-hydrogen) atoms. The van der Waals surface area contributed by atoms with E-state index in [9.17, 15) is 9.59 Å². The van der Waals surface area contributed by atoms with Gasteiger partial charge in [0.2, 0.25) is 5.91 Å². The van der Waals surface area contributed by atoms with Crippen LogP contribution in [-0.2, 0) is 9.63 Å². The maximum absolute atomic E-state index is 13.0. The van der Waals surface area contributed by atoms with Crippen molar-refractivity contribution < 1.29 is 14.4 Å². The molecule has 2 fully saturated rings. The van der Waals surface area contributed by atoms with E-state index in [1.54, 1.807) is 24.3 Å². The summed E-state index contributed by atoms with van der Waals surface area (Å²) in [5, 5.41) is 7.87. The summed E-state index contributed by atoms with van der Waals surface area (Å²) in [5.41, 5.74) is 0.118. The molecule has 146 valence electrons. The van der Waals surface area contributed by atoms with Gasteiger partial charge in [0.25, 0.3) is 0 Å². The molecule has 2 unspecified atom stereocenters. The van der Waals surface area contributed by atoms with E-state index in [1.807, 2.05) is 13.8 Å². The van der Waals surface area contributed by atoms with Crippen LogP contribution in [0.3, 0.4) is 0 Å². The van der Waals surface area contributed by atoms with Crippen LogP contribution in [0.1, 0.15) is 64.2 Å². The normalized spacial score (nSPS) is 30.0. The topological polar surface area (TPSA) is 67.8 Å². The van der Waals surface area contributed by atoms with Crippen LogP contribution in [-0.4, -0.2) is 23.6 Å². The second kappa shape index (κ2) is 6.62. The number of benzene rings is 1. The van der Waals surface area contributed by atoms with E-state index in [0.29, 0.717) is 17.0 Å². The van der Waals surface area contributed by atoms with Gasteiger partial charge in [-0.1, -0.05) is 37.5 Å². The van der Waals surface area contributed by atoms with Crippen LogP contribution in [0.15, 0.2) is 29.4 Å². The monoisotopic (exact) mass is 390 g/mol. The number of rotatable bonds is 4. The van der Waals surface area contributed by atoms with Gasteiger partial charge in [-0.15, -0.1) is 0 Å². The highest BCUT2D eigenvalue weighted by Crippen LogP contribution is 2.71. The fourth-order valence-electron chi connectivity index (χ4n) is 4.66. The molecule has 1 amide bonds. The summed E-state index contributed by atoms with van der Waals surface area (Å²) in [4.78, 5) is 30.6. The Morgan fingerprint density at radius 2 is 1.78 bits per heavy atom. The summed E-state index contributed by atoms with van der Waals surface area (Å²) in [7, 11) is 0. The van der Waals surface area contributed by atoms with Crippen molar-refractivity contribution in [2.24, 2.45) is 21.4 Å². The Morgan fingerprint density at radius 1 is 1.15 bits per heavy atom. The van der Waals surface area contributed by atoms with Gasteiger partial charge in [-0.25, -0.2) is 4.79 Å². The van der Waals surface area contributed by atoms with Gasteiger partial charge in [-0.3, -0.25) is 4.79 Å². The van der Waals surface area contributed by atoms with Crippen molar-refractivity contribution in [2.45, 2.75) is 59.9 Å². The van der Waals surface area contributed by atoms with Crippen LogP contribution < -0.4 is 5.32 Å². The van der Waals surface area contributed by atoms with Crippen molar-refractivity contribution >= 4 is 29.2 Å². The molecule has 0 radical (unpaired) electrons. The second-order valence-corrected chi connectivity index (χ2v) is 9.20. The molecular weight excluding hydrogens is 364 g/mol. The Labute approximate surface area is 165 Å². The first-order valence-electron chi connectivity index (χ1n) is 9.39. The minimum Gasteiger partial charge on any atom is -0.353 e. The van der Waals surface area contributed by atoms with E-state index in [0.717, 1.165) is 18.6 Å². The number of nitrogens with one attached hydrogen (secondary N) is 1. The standard InChI is InChI=1S/C21H27ClN2O3/c1-13(2)23-18(26)21-11-10-20(5,19(21,3)4)16(12-21)24-27-17(25)14-6-8-15(22)9-7-14/h6-9,13H,10-12H2,1-5H3,(H,23,26). The minimum atomic E-state index is -0.524. The summed E-state index contributed by atoms with van der Waals surface area (Å²) in [6.07, 6.45) is 2.19. The zero-order chi connectivity index (χ0) is 20.0. The molecule has 1 aromatic carbocycles. The Balaban J connectivity index is 1.85. The highest BCUT2D eigenvalue weighted by Gasteiger charge is 2.71. The summed E-state index contributed by atoms with van der Waals surface area (Å²) < 4.78 is 0. The fraction of sp³-hybridized carbons (Fsp3) is 0.571. The lowest BCUT2D eigenvalue weighted by molar-refractivity contribution is -0.136. The van der Waals surface area contributed by atoms with Crippen molar-refractivity contribution in [2.75, 3.05) is 0 Å². The molecule has 2 saturated carbocycles. The zero-order valence-electron chi connectivity index (χ0n) is 16.6. The first-order valence-corrected chi connectivity index (χ1v) is 9.76. The Morgan fingerprint density at radius 3 is 2.37 bits per heavy atom. The molecule has 6 heteroatoms. The molecule has 3 rings (SSSR count). The maximum atomic E-state index is 13.0. The number of nitrogens with zero attached hydrogens (tertiary/aromatic N) is 1. The van der Waals surface area contributed by atoms with Crippen LogP contribution in [0.2, 0.25) is 5.02 Å². The molecule has 0 heterocycles. The van der Waals surface area contributed by atoms with Gasteiger partial charge in [-0.2, -0.15) is 0 Å². The SMILES string of the molecule is CC(C)NC(=O)C12CCC(C)(C(=NOC(=O)c3ccc(Cl)cc3)C1)C2(C)C. The molecule has 2 atom stereocenters.